The molecule has 9 heteroatoms. The molecule has 1 saturated heterocycles. The van der Waals surface area contributed by atoms with Crippen LogP contribution in [0.4, 0.5) is 0 Å². The van der Waals surface area contributed by atoms with Crippen molar-refractivity contribution in [3.63, 3.8) is 0 Å². The van der Waals surface area contributed by atoms with Gasteiger partial charge in [-0.25, -0.2) is 4.98 Å². The van der Waals surface area contributed by atoms with Crippen LogP contribution >= 0.6 is 11.3 Å². The van der Waals surface area contributed by atoms with E-state index in [4.69, 9.17) is 4.42 Å². The summed E-state index contributed by atoms with van der Waals surface area (Å²) in [5.41, 5.74) is 2.10. The molecule has 2 N–H and O–H groups in total. The third-order valence-corrected chi connectivity index (χ3v) is 6.21. The van der Waals surface area contributed by atoms with Crippen molar-refractivity contribution in [3.8, 4) is 0 Å². The minimum absolute atomic E-state index is 0.0640. The molecule has 4 heterocycles. The maximum absolute atomic E-state index is 12.8. The second-order valence-electron chi connectivity index (χ2n) is 7.18. The van der Waals surface area contributed by atoms with Gasteiger partial charge in [0.2, 0.25) is 0 Å². The number of rotatable bonds is 5. The maximum atomic E-state index is 12.8. The normalized spacial score (nSPS) is 14.9. The van der Waals surface area contributed by atoms with Gasteiger partial charge in [0, 0.05) is 24.7 Å². The zero-order valence-corrected chi connectivity index (χ0v) is 17.2. The molecule has 3 aromatic rings. The number of aromatic amines is 1. The van der Waals surface area contributed by atoms with Crippen molar-refractivity contribution < 1.29 is 14.0 Å². The van der Waals surface area contributed by atoms with E-state index in [9.17, 15) is 9.59 Å². The van der Waals surface area contributed by atoms with Crippen LogP contribution in [-0.2, 0) is 6.54 Å². The molecule has 8 nitrogen and oxygen atoms in total. The summed E-state index contributed by atoms with van der Waals surface area (Å²) in [6, 6.07) is 5.39. The molecule has 0 atom stereocenters. The van der Waals surface area contributed by atoms with Gasteiger partial charge in [0.1, 0.15) is 16.3 Å². The number of aryl methyl sites for hydroxylation is 2. The van der Waals surface area contributed by atoms with Crippen LogP contribution in [-0.4, -0.2) is 45.0 Å². The average molecular weight is 414 g/mol. The number of nitrogens with zero attached hydrogens (tertiary/aromatic N) is 3. The molecule has 0 aromatic carbocycles. The van der Waals surface area contributed by atoms with Gasteiger partial charge in [0.15, 0.2) is 0 Å². The molecule has 0 saturated carbocycles. The first-order valence-electron chi connectivity index (χ1n) is 9.60. The number of hydrogen-bond acceptors (Lipinski definition) is 6. The summed E-state index contributed by atoms with van der Waals surface area (Å²) in [7, 11) is 0. The van der Waals surface area contributed by atoms with Crippen LogP contribution in [0.15, 0.2) is 28.9 Å². The van der Waals surface area contributed by atoms with E-state index >= 15 is 0 Å². The van der Waals surface area contributed by atoms with Crippen molar-refractivity contribution in [2.75, 3.05) is 13.1 Å². The lowest BCUT2D eigenvalue weighted by molar-refractivity contribution is 0.0716. The Hall–Kier alpha value is -2.94. The highest BCUT2D eigenvalue weighted by Crippen LogP contribution is 2.29. The number of H-pyrrole nitrogens is 1. The van der Waals surface area contributed by atoms with Gasteiger partial charge in [-0.05, 0) is 44.9 Å². The minimum atomic E-state index is -0.243. The molecule has 3 aromatic heterocycles. The smallest absolute Gasteiger partial charge is 0.272 e. The summed E-state index contributed by atoms with van der Waals surface area (Å²) >= 11 is 1.45. The zero-order chi connectivity index (χ0) is 20.4. The summed E-state index contributed by atoms with van der Waals surface area (Å²) in [4.78, 5) is 32.0. The van der Waals surface area contributed by atoms with Crippen molar-refractivity contribution in [1.82, 2.24) is 25.4 Å². The Labute approximate surface area is 172 Å². The van der Waals surface area contributed by atoms with Crippen molar-refractivity contribution in [1.29, 1.82) is 0 Å². The minimum Gasteiger partial charge on any atom is -0.467 e. The fourth-order valence-corrected chi connectivity index (χ4v) is 4.49. The van der Waals surface area contributed by atoms with Gasteiger partial charge in [-0.1, -0.05) is 0 Å². The summed E-state index contributed by atoms with van der Waals surface area (Å²) in [6.07, 6.45) is 3.24. The van der Waals surface area contributed by atoms with E-state index < -0.39 is 0 Å². The molecule has 29 heavy (non-hydrogen) atoms. The van der Waals surface area contributed by atoms with E-state index in [0.717, 1.165) is 34.1 Å². The summed E-state index contributed by atoms with van der Waals surface area (Å²) in [5.74, 6) is 0.765. The molecule has 1 aliphatic heterocycles. The Balaban J connectivity index is 1.32. The van der Waals surface area contributed by atoms with Crippen molar-refractivity contribution >= 4 is 23.2 Å². The summed E-state index contributed by atoms with van der Waals surface area (Å²) < 4.78 is 5.21. The van der Waals surface area contributed by atoms with Crippen LogP contribution in [0.5, 0.6) is 0 Å². The summed E-state index contributed by atoms with van der Waals surface area (Å²) in [5, 5.41) is 10.8. The maximum Gasteiger partial charge on any atom is 0.272 e. The number of carbonyl (C=O) groups excluding carboxylic acids is 2. The third kappa shape index (κ3) is 4.24. The van der Waals surface area contributed by atoms with Crippen molar-refractivity contribution in [3.05, 3.63) is 57.2 Å². The molecule has 0 unspecified atom stereocenters. The largest absolute Gasteiger partial charge is 0.467 e. The first-order valence-corrected chi connectivity index (χ1v) is 10.4. The molecule has 4 rings (SSSR count). The quantitative estimate of drug-likeness (QED) is 0.669. The third-order valence-electron chi connectivity index (χ3n) is 5.15. The molecular weight excluding hydrogens is 390 g/mol. The fourth-order valence-electron chi connectivity index (χ4n) is 3.60. The van der Waals surface area contributed by atoms with E-state index in [1.807, 2.05) is 18.7 Å². The van der Waals surface area contributed by atoms with E-state index in [1.165, 1.54) is 11.3 Å². The lowest BCUT2D eigenvalue weighted by Gasteiger charge is -2.31. The van der Waals surface area contributed by atoms with Crippen LogP contribution in [0.1, 0.15) is 61.1 Å². The van der Waals surface area contributed by atoms with Gasteiger partial charge in [0.25, 0.3) is 11.8 Å². The molecule has 0 aliphatic carbocycles. The Bertz CT molecular complexity index is 999. The van der Waals surface area contributed by atoms with E-state index in [0.29, 0.717) is 31.1 Å². The highest BCUT2D eigenvalue weighted by molar-refractivity contribution is 7.13. The monoisotopic (exact) mass is 413 g/mol. The van der Waals surface area contributed by atoms with E-state index in [1.54, 1.807) is 24.5 Å². The van der Waals surface area contributed by atoms with Gasteiger partial charge in [-0.3, -0.25) is 14.7 Å². The molecule has 0 spiro atoms. The molecule has 2 amide bonds. The Morgan fingerprint density at radius 3 is 2.79 bits per heavy atom. The first-order chi connectivity index (χ1) is 14.0. The topological polar surface area (TPSA) is 104 Å². The van der Waals surface area contributed by atoms with Gasteiger partial charge in [0.05, 0.1) is 23.5 Å². The Morgan fingerprint density at radius 2 is 2.14 bits per heavy atom. The van der Waals surface area contributed by atoms with Gasteiger partial charge >= 0.3 is 0 Å². The van der Waals surface area contributed by atoms with Crippen LogP contribution in [0, 0.1) is 13.8 Å². The Kier molecular flexibility index (Phi) is 5.48. The van der Waals surface area contributed by atoms with E-state index in [2.05, 4.69) is 20.5 Å². The number of furan rings is 1. The van der Waals surface area contributed by atoms with Crippen LogP contribution in [0.2, 0.25) is 0 Å². The molecular formula is C20H23N5O3S. The van der Waals surface area contributed by atoms with Gasteiger partial charge < -0.3 is 14.6 Å². The van der Waals surface area contributed by atoms with E-state index in [-0.39, 0.29) is 17.7 Å². The zero-order valence-electron chi connectivity index (χ0n) is 16.4. The van der Waals surface area contributed by atoms with Gasteiger partial charge in [-0.2, -0.15) is 5.10 Å². The lowest BCUT2D eigenvalue weighted by Crippen LogP contribution is -2.37. The predicted octanol–water partition coefficient (Wildman–Crippen LogP) is 3.03. The molecule has 0 radical (unpaired) electrons. The molecule has 0 bridgehead atoms. The molecule has 1 aliphatic rings. The van der Waals surface area contributed by atoms with Crippen molar-refractivity contribution in [2.45, 2.75) is 39.2 Å². The number of aromatic nitrogens is 3. The summed E-state index contributed by atoms with van der Waals surface area (Å²) in [6.45, 7) is 5.48. The average Bonchev–Trinajstić information content (AvgIpc) is 3.47. The predicted molar refractivity (Wildman–Crippen MR) is 108 cm³/mol. The highest BCUT2D eigenvalue weighted by Gasteiger charge is 2.28. The number of nitrogens with one attached hydrogen (secondary N) is 2. The highest BCUT2D eigenvalue weighted by atomic mass is 32.1. The standard InChI is InChI=1S/C20H23N5O3S/c1-12-18(29-13(2)22-12)20(27)25-7-5-14(6-8-25)16-10-17(24-23-16)19(26)21-11-15-4-3-9-28-15/h3-4,9-10,14H,5-8,11H2,1-2H3,(H,21,26)(H,23,24). The van der Waals surface area contributed by atoms with Crippen LogP contribution in [0.25, 0.3) is 0 Å². The van der Waals surface area contributed by atoms with Gasteiger partial charge in [-0.15, -0.1) is 11.3 Å². The lowest BCUT2D eigenvalue weighted by atomic mass is 9.93. The Morgan fingerprint density at radius 1 is 1.34 bits per heavy atom. The first kappa shape index (κ1) is 19.4. The number of piperidine rings is 1. The number of carbonyl (C=O) groups is 2. The second-order valence-corrected chi connectivity index (χ2v) is 8.39. The molecule has 152 valence electrons. The molecule has 1 fully saturated rings. The number of thiazole rings is 1. The SMILES string of the molecule is Cc1nc(C)c(C(=O)N2CCC(c3cc(C(=O)NCc4ccco4)n[nH]3)CC2)s1. The number of likely N-dealkylation sites (tertiary alicyclic amines) is 1. The second kappa shape index (κ2) is 8.20. The fraction of sp³-hybridized carbons (Fsp3) is 0.400. The number of amides is 2. The van der Waals surface area contributed by atoms with Crippen LogP contribution in [0.3, 0.4) is 0 Å². The van der Waals surface area contributed by atoms with Crippen LogP contribution < -0.4 is 5.32 Å². The number of hydrogen-bond donors (Lipinski definition) is 2. The van der Waals surface area contributed by atoms with Crippen molar-refractivity contribution in [2.24, 2.45) is 0 Å².